The Kier molecular flexibility index (Phi) is 1.88. The summed E-state index contributed by atoms with van der Waals surface area (Å²) in [6.45, 7) is 1.99. The van der Waals surface area contributed by atoms with Crippen molar-refractivity contribution in [3.05, 3.63) is 33.2 Å². The highest BCUT2D eigenvalue weighted by molar-refractivity contribution is 7.17. The predicted octanol–water partition coefficient (Wildman–Crippen LogP) is 1.69. The van der Waals surface area contributed by atoms with Gasteiger partial charge in [-0.2, -0.15) is 5.26 Å². The zero-order valence-corrected chi connectivity index (χ0v) is 9.49. The van der Waals surface area contributed by atoms with Crippen molar-refractivity contribution in [3.63, 3.8) is 0 Å². The molecule has 0 N–H and O–H groups in total. The van der Waals surface area contributed by atoms with E-state index in [-0.39, 0.29) is 17.4 Å². The SMILES string of the molecule is Cc1sc2nccc(=O)n2c1C1CC1C#N. The first-order chi connectivity index (χ1) is 7.72. The Morgan fingerprint density at radius 2 is 2.50 bits per heavy atom. The summed E-state index contributed by atoms with van der Waals surface area (Å²) in [5, 5.41) is 8.86. The van der Waals surface area contributed by atoms with Crippen molar-refractivity contribution in [1.29, 1.82) is 5.26 Å². The summed E-state index contributed by atoms with van der Waals surface area (Å²) in [6, 6.07) is 3.72. The third-order valence-electron chi connectivity index (χ3n) is 2.97. The van der Waals surface area contributed by atoms with E-state index < -0.39 is 0 Å². The molecule has 1 fully saturated rings. The van der Waals surface area contributed by atoms with Crippen molar-refractivity contribution in [2.75, 3.05) is 0 Å². The Balaban J connectivity index is 2.29. The number of hydrogen-bond acceptors (Lipinski definition) is 4. The zero-order chi connectivity index (χ0) is 11.3. The highest BCUT2D eigenvalue weighted by Gasteiger charge is 2.42. The first-order valence-electron chi connectivity index (χ1n) is 5.09. The fraction of sp³-hybridized carbons (Fsp3) is 0.364. The van der Waals surface area contributed by atoms with E-state index in [1.807, 2.05) is 6.92 Å². The molecule has 0 spiro atoms. The van der Waals surface area contributed by atoms with Crippen LogP contribution in [0.5, 0.6) is 0 Å². The molecular weight excluding hydrogens is 222 g/mol. The summed E-state index contributed by atoms with van der Waals surface area (Å²) in [5.41, 5.74) is 0.942. The van der Waals surface area contributed by atoms with E-state index in [4.69, 9.17) is 5.26 Å². The van der Waals surface area contributed by atoms with Gasteiger partial charge in [0.15, 0.2) is 4.96 Å². The number of aryl methyl sites for hydroxylation is 1. The van der Waals surface area contributed by atoms with Gasteiger partial charge in [-0.05, 0) is 13.3 Å². The maximum atomic E-state index is 11.8. The largest absolute Gasteiger partial charge is 0.269 e. The van der Waals surface area contributed by atoms with Crippen LogP contribution < -0.4 is 5.56 Å². The third-order valence-corrected chi connectivity index (χ3v) is 3.95. The minimum Gasteiger partial charge on any atom is -0.269 e. The van der Waals surface area contributed by atoms with Gasteiger partial charge in [-0.25, -0.2) is 4.98 Å². The normalized spacial score (nSPS) is 23.2. The van der Waals surface area contributed by atoms with Crippen LogP contribution in [0.1, 0.15) is 22.9 Å². The van der Waals surface area contributed by atoms with Gasteiger partial charge in [0.1, 0.15) is 0 Å². The first-order valence-corrected chi connectivity index (χ1v) is 5.90. The van der Waals surface area contributed by atoms with Crippen molar-refractivity contribution in [2.24, 2.45) is 5.92 Å². The van der Waals surface area contributed by atoms with Crippen molar-refractivity contribution in [3.8, 4) is 6.07 Å². The summed E-state index contributed by atoms with van der Waals surface area (Å²) in [6.07, 6.45) is 2.40. The van der Waals surface area contributed by atoms with E-state index in [2.05, 4.69) is 11.1 Å². The Bertz CT molecular complexity index is 664. The topological polar surface area (TPSA) is 58.2 Å². The molecule has 0 aliphatic heterocycles. The lowest BCUT2D eigenvalue weighted by Gasteiger charge is -1.98. The lowest BCUT2D eigenvalue weighted by atomic mass is 10.2. The zero-order valence-electron chi connectivity index (χ0n) is 8.67. The minimum absolute atomic E-state index is 0.0482. The van der Waals surface area contributed by atoms with E-state index in [1.165, 1.54) is 23.6 Å². The summed E-state index contributed by atoms with van der Waals surface area (Å²) < 4.78 is 1.65. The molecule has 2 atom stereocenters. The second kappa shape index (κ2) is 3.16. The monoisotopic (exact) mass is 231 g/mol. The van der Waals surface area contributed by atoms with Gasteiger partial charge in [-0.3, -0.25) is 9.20 Å². The van der Waals surface area contributed by atoms with E-state index >= 15 is 0 Å². The molecule has 2 heterocycles. The summed E-state index contributed by atoms with van der Waals surface area (Å²) in [4.78, 5) is 17.8. The number of thiazole rings is 1. The number of hydrogen-bond donors (Lipinski definition) is 0. The molecule has 4 nitrogen and oxygen atoms in total. The van der Waals surface area contributed by atoms with Crippen LogP contribution in [-0.2, 0) is 0 Å². The van der Waals surface area contributed by atoms with Crippen molar-refractivity contribution in [2.45, 2.75) is 19.3 Å². The Morgan fingerprint density at radius 3 is 3.19 bits per heavy atom. The molecule has 16 heavy (non-hydrogen) atoms. The van der Waals surface area contributed by atoms with Crippen molar-refractivity contribution >= 4 is 16.3 Å². The molecular formula is C11H9N3OS. The van der Waals surface area contributed by atoms with Crippen LogP contribution in [0, 0.1) is 24.2 Å². The molecule has 0 aromatic carbocycles. The average molecular weight is 231 g/mol. The van der Waals surface area contributed by atoms with Crippen LogP contribution in [-0.4, -0.2) is 9.38 Å². The third kappa shape index (κ3) is 1.20. The molecule has 1 aliphatic rings. The Morgan fingerprint density at radius 1 is 1.69 bits per heavy atom. The first kappa shape index (κ1) is 9.55. The second-order valence-corrected chi connectivity index (χ2v) is 5.20. The van der Waals surface area contributed by atoms with E-state index in [1.54, 1.807) is 4.40 Å². The number of aromatic nitrogens is 2. The van der Waals surface area contributed by atoms with E-state index in [9.17, 15) is 4.79 Å². The number of rotatable bonds is 1. The van der Waals surface area contributed by atoms with Crippen LogP contribution in [0.15, 0.2) is 17.1 Å². The number of fused-ring (bicyclic) bond motifs is 1. The standard InChI is InChI=1S/C11H9N3OS/c1-6-10(8-4-7(8)5-12)14-9(15)2-3-13-11(14)16-6/h2-3,7-8H,4H2,1H3. The van der Waals surface area contributed by atoms with Crippen LogP contribution >= 0.6 is 11.3 Å². The Hall–Kier alpha value is -1.67. The molecule has 2 unspecified atom stereocenters. The van der Waals surface area contributed by atoms with Gasteiger partial charge in [-0.1, -0.05) is 0 Å². The maximum absolute atomic E-state index is 11.8. The van der Waals surface area contributed by atoms with Crippen molar-refractivity contribution in [1.82, 2.24) is 9.38 Å². The quantitative estimate of drug-likeness (QED) is 0.750. The molecule has 80 valence electrons. The molecule has 5 heteroatoms. The molecule has 0 saturated heterocycles. The highest BCUT2D eigenvalue weighted by atomic mass is 32.1. The van der Waals surface area contributed by atoms with Gasteiger partial charge in [0, 0.05) is 28.8 Å². The predicted molar refractivity (Wildman–Crippen MR) is 60.5 cm³/mol. The fourth-order valence-electron chi connectivity index (χ4n) is 2.10. The molecule has 1 saturated carbocycles. The molecule has 3 rings (SSSR count). The fourth-order valence-corrected chi connectivity index (χ4v) is 3.11. The lowest BCUT2D eigenvalue weighted by molar-refractivity contribution is 0.895. The van der Waals surface area contributed by atoms with Gasteiger partial charge in [-0.15, -0.1) is 11.3 Å². The molecule has 1 aliphatic carbocycles. The van der Waals surface area contributed by atoms with Gasteiger partial charge >= 0.3 is 0 Å². The number of nitriles is 1. The van der Waals surface area contributed by atoms with Crippen LogP contribution in [0.25, 0.3) is 4.96 Å². The number of nitrogens with zero attached hydrogens (tertiary/aromatic N) is 3. The van der Waals surface area contributed by atoms with Crippen LogP contribution in [0.4, 0.5) is 0 Å². The van der Waals surface area contributed by atoms with E-state index in [0.29, 0.717) is 0 Å². The van der Waals surface area contributed by atoms with Gasteiger partial charge < -0.3 is 0 Å². The minimum atomic E-state index is -0.0482. The Labute approximate surface area is 95.8 Å². The average Bonchev–Trinajstić information content (AvgIpc) is 2.95. The van der Waals surface area contributed by atoms with Gasteiger partial charge in [0.25, 0.3) is 5.56 Å². The van der Waals surface area contributed by atoms with Crippen LogP contribution in [0.3, 0.4) is 0 Å². The molecule has 2 aromatic heterocycles. The maximum Gasteiger partial charge on any atom is 0.258 e. The second-order valence-electron chi connectivity index (χ2n) is 4.02. The smallest absolute Gasteiger partial charge is 0.258 e. The molecule has 0 radical (unpaired) electrons. The molecule has 0 bridgehead atoms. The molecule has 0 amide bonds. The summed E-state index contributed by atoms with van der Waals surface area (Å²) in [7, 11) is 0. The summed E-state index contributed by atoms with van der Waals surface area (Å²) >= 11 is 1.52. The lowest BCUT2D eigenvalue weighted by Crippen LogP contribution is -2.14. The molecule has 2 aromatic rings. The van der Waals surface area contributed by atoms with Gasteiger partial charge in [0.2, 0.25) is 0 Å². The highest BCUT2D eigenvalue weighted by Crippen LogP contribution is 2.48. The van der Waals surface area contributed by atoms with Crippen molar-refractivity contribution < 1.29 is 0 Å². The van der Waals surface area contributed by atoms with Crippen LogP contribution in [0.2, 0.25) is 0 Å². The summed E-state index contributed by atoms with van der Waals surface area (Å²) in [5.74, 6) is 0.296. The van der Waals surface area contributed by atoms with Gasteiger partial charge in [0.05, 0.1) is 12.0 Å². The van der Waals surface area contributed by atoms with E-state index in [0.717, 1.165) is 22.0 Å².